The van der Waals surface area contributed by atoms with Crippen molar-refractivity contribution in [3.8, 4) is 0 Å². The number of likely N-dealkylation sites (tertiary alicyclic amines) is 1. The van der Waals surface area contributed by atoms with Crippen molar-refractivity contribution >= 4 is 11.6 Å². The Bertz CT molecular complexity index is 426. The van der Waals surface area contributed by atoms with E-state index in [1.54, 1.807) is 6.07 Å². The summed E-state index contributed by atoms with van der Waals surface area (Å²) < 4.78 is 5.32. The molecule has 1 aromatic heterocycles. The minimum atomic E-state index is 0.406. The van der Waals surface area contributed by atoms with Crippen LogP contribution in [0.25, 0.3) is 0 Å². The van der Waals surface area contributed by atoms with Gasteiger partial charge in [0.05, 0.1) is 0 Å². The van der Waals surface area contributed by atoms with Gasteiger partial charge in [-0.05, 0) is 32.4 Å². The molecule has 6 heteroatoms. The maximum atomic E-state index is 5.80. The van der Waals surface area contributed by atoms with E-state index in [0.29, 0.717) is 30.8 Å². The SMILES string of the molecule is CCOCc1nc(N)cc(NCC2CCN(CC)C2)n1. The monoisotopic (exact) mass is 279 g/mol. The van der Waals surface area contributed by atoms with Crippen molar-refractivity contribution in [2.45, 2.75) is 26.9 Å². The average Bonchev–Trinajstić information content (AvgIpc) is 2.90. The normalized spacial score (nSPS) is 19.4. The molecular formula is C14H25N5O. The summed E-state index contributed by atoms with van der Waals surface area (Å²) in [5.74, 6) is 2.60. The van der Waals surface area contributed by atoms with Crippen LogP contribution in [-0.2, 0) is 11.3 Å². The number of aromatic nitrogens is 2. The molecule has 0 aromatic carbocycles. The van der Waals surface area contributed by atoms with Gasteiger partial charge in [0, 0.05) is 25.8 Å². The second-order valence-electron chi connectivity index (χ2n) is 5.16. The van der Waals surface area contributed by atoms with Gasteiger partial charge in [0.15, 0.2) is 5.82 Å². The Morgan fingerprint density at radius 1 is 1.45 bits per heavy atom. The lowest BCUT2D eigenvalue weighted by Gasteiger charge is -2.14. The second kappa shape index (κ2) is 7.40. The Hall–Kier alpha value is -1.40. The fourth-order valence-corrected chi connectivity index (χ4v) is 2.48. The molecule has 3 N–H and O–H groups in total. The van der Waals surface area contributed by atoms with E-state index < -0.39 is 0 Å². The lowest BCUT2D eigenvalue weighted by molar-refractivity contribution is 0.128. The van der Waals surface area contributed by atoms with Crippen LogP contribution in [0.5, 0.6) is 0 Å². The molecule has 6 nitrogen and oxygen atoms in total. The van der Waals surface area contributed by atoms with E-state index in [9.17, 15) is 0 Å². The van der Waals surface area contributed by atoms with Gasteiger partial charge in [-0.25, -0.2) is 9.97 Å². The molecule has 1 aromatic rings. The topological polar surface area (TPSA) is 76.3 Å². The third kappa shape index (κ3) is 4.31. The highest BCUT2D eigenvalue weighted by Gasteiger charge is 2.20. The van der Waals surface area contributed by atoms with Gasteiger partial charge < -0.3 is 20.7 Å². The fraction of sp³-hybridized carbons (Fsp3) is 0.714. The van der Waals surface area contributed by atoms with Crippen molar-refractivity contribution in [1.82, 2.24) is 14.9 Å². The number of rotatable bonds is 7. The molecule has 0 aliphatic carbocycles. The molecule has 0 amide bonds. The van der Waals surface area contributed by atoms with Gasteiger partial charge in [0.25, 0.3) is 0 Å². The lowest BCUT2D eigenvalue weighted by atomic mass is 10.1. The first-order valence-electron chi connectivity index (χ1n) is 7.38. The first-order chi connectivity index (χ1) is 9.71. The summed E-state index contributed by atoms with van der Waals surface area (Å²) in [4.78, 5) is 11.1. The van der Waals surface area contributed by atoms with Crippen molar-refractivity contribution in [3.05, 3.63) is 11.9 Å². The molecule has 1 unspecified atom stereocenters. The molecule has 2 rings (SSSR count). The van der Waals surface area contributed by atoms with Gasteiger partial charge >= 0.3 is 0 Å². The van der Waals surface area contributed by atoms with Crippen molar-refractivity contribution in [3.63, 3.8) is 0 Å². The molecule has 0 saturated carbocycles. The predicted molar refractivity (Wildman–Crippen MR) is 80.5 cm³/mol. The average molecular weight is 279 g/mol. The number of ether oxygens (including phenoxy) is 1. The lowest BCUT2D eigenvalue weighted by Crippen LogP contribution is -2.22. The highest BCUT2D eigenvalue weighted by atomic mass is 16.5. The number of anilines is 2. The number of nitrogens with two attached hydrogens (primary N) is 1. The summed E-state index contributed by atoms with van der Waals surface area (Å²) in [5, 5.41) is 3.38. The molecule has 0 spiro atoms. The van der Waals surface area contributed by atoms with Crippen LogP contribution in [0.4, 0.5) is 11.6 Å². The molecule has 0 bridgehead atoms. The minimum Gasteiger partial charge on any atom is -0.384 e. The van der Waals surface area contributed by atoms with Crippen LogP contribution in [-0.4, -0.2) is 47.7 Å². The third-order valence-electron chi connectivity index (χ3n) is 3.62. The van der Waals surface area contributed by atoms with Crippen LogP contribution in [0, 0.1) is 5.92 Å². The van der Waals surface area contributed by atoms with E-state index in [1.807, 2.05) is 6.92 Å². The Balaban J connectivity index is 1.87. The van der Waals surface area contributed by atoms with Gasteiger partial charge in [-0.2, -0.15) is 0 Å². The zero-order valence-electron chi connectivity index (χ0n) is 12.4. The van der Waals surface area contributed by atoms with Crippen molar-refractivity contribution in [2.75, 3.05) is 43.8 Å². The number of hydrogen-bond acceptors (Lipinski definition) is 6. The Morgan fingerprint density at radius 2 is 2.30 bits per heavy atom. The van der Waals surface area contributed by atoms with Gasteiger partial charge in [-0.3, -0.25) is 0 Å². The first-order valence-corrected chi connectivity index (χ1v) is 7.38. The molecule has 0 radical (unpaired) electrons. The van der Waals surface area contributed by atoms with E-state index in [0.717, 1.165) is 25.5 Å². The zero-order chi connectivity index (χ0) is 14.4. The standard InChI is InChI=1S/C14H25N5O/c1-3-19-6-5-11(9-19)8-16-13-7-12(15)17-14(18-13)10-20-4-2/h7,11H,3-6,8-10H2,1-2H3,(H3,15,16,17,18). The number of hydrogen-bond donors (Lipinski definition) is 2. The third-order valence-corrected chi connectivity index (χ3v) is 3.62. The number of nitrogens with one attached hydrogen (secondary N) is 1. The van der Waals surface area contributed by atoms with E-state index in [4.69, 9.17) is 10.5 Å². The number of nitrogen functional groups attached to an aromatic ring is 1. The van der Waals surface area contributed by atoms with E-state index in [-0.39, 0.29) is 0 Å². The highest BCUT2D eigenvalue weighted by Crippen LogP contribution is 2.17. The van der Waals surface area contributed by atoms with Crippen LogP contribution in [0.15, 0.2) is 6.07 Å². The van der Waals surface area contributed by atoms with Crippen LogP contribution in [0.3, 0.4) is 0 Å². The summed E-state index contributed by atoms with van der Waals surface area (Å²) in [7, 11) is 0. The fourth-order valence-electron chi connectivity index (χ4n) is 2.48. The highest BCUT2D eigenvalue weighted by molar-refractivity contribution is 5.44. The van der Waals surface area contributed by atoms with Gasteiger partial charge in [0.1, 0.15) is 18.2 Å². The maximum Gasteiger partial charge on any atom is 0.158 e. The predicted octanol–water partition coefficient (Wildman–Crippen LogP) is 1.35. The summed E-state index contributed by atoms with van der Waals surface area (Å²) in [6.45, 7) is 9.64. The molecule has 1 aliphatic heterocycles. The summed E-state index contributed by atoms with van der Waals surface area (Å²) in [6, 6.07) is 1.78. The Morgan fingerprint density at radius 3 is 3.00 bits per heavy atom. The molecular weight excluding hydrogens is 254 g/mol. The minimum absolute atomic E-state index is 0.406. The maximum absolute atomic E-state index is 5.80. The smallest absolute Gasteiger partial charge is 0.158 e. The molecule has 1 aliphatic rings. The molecule has 20 heavy (non-hydrogen) atoms. The van der Waals surface area contributed by atoms with E-state index in [1.165, 1.54) is 13.0 Å². The molecule has 2 heterocycles. The van der Waals surface area contributed by atoms with Gasteiger partial charge in [-0.15, -0.1) is 0 Å². The Labute approximate surface area is 120 Å². The quantitative estimate of drug-likeness (QED) is 0.784. The van der Waals surface area contributed by atoms with E-state index >= 15 is 0 Å². The zero-order valence-corrected chi connectivity index (χ0v) is 12.4. The number of nitrogens with zero attached hydrogens (tertiary/aromatic N) is 3. The summed E-state index contributed by atoms with van der Waals surface area (Å²) in [6.07, 6.45) is 1.24. The van der Waals surface area contributed by atoms with E-state index in [2.05, 4.69) is 27.1 Å². The van der Waals surface area contributed by atoms with Crippen molar-refractivity contribution in [2.24, 2.45) is 5.92 Å². The molecule has 112 valence electrons. The van der Waals surface area contributed by atoms with Crippen LogP contribution >= 0.6 is 0 Å². The van der Waals surface area contributed by atoms with Gasteiger partial charge in [-0.1, -0.05) is 6.92 Å². The first kappa shape index (κ1) is 15.0. The molecule has 1 atom stereocenters. The van der Waals surface area contributed by atoms with Crippen LogP contribution < -0.4 is 11.1 Å². The van der Waals surface area contributed by atoms with Crippen molar-refractivity contribution < 1.29 is 4.74 Å². The van der Waals surface area contributed by atoms with Crippen molar-refractivity contribution in [1.29, 1.82) is 0 Å². The summed E-state index contributed by atoms with van der Waals surface area (Å²) in [5.41, 5.74) is 5.80. The van der Waals surface area contributed by atoms with Crippen LogP contribution in [0.1, 0.15) is 26.1 Å². The second-order valence-corrected chi connectivity index (χ2v) is 5.16. The summed E-state index contributed by atoms with van der Waals surface area (Å²) >= 11 is 0. The molecule has 1 fully saturated rings. The molecule has 1 saturated heterocycles. The largest absolute Gasteiger partial charge is 0.384 e. The van der Waals surface area contributed by atoms with Crippen LogP contribution in [0.2, 0.25) is 0 Å². The van der Waals surface area contributed by atoms with Gasteiger partial charge in [0.2, 0.25) is 0 Å². The Kier molecular flexibility index (Phi) is 5.55.